The highest BCUT2D eigenvalue weighted by Gasteiger charge is 2.14. The lowest BCUT2D eigenvalue weighted by atomic mass is 10.1. The normalized spacial score (nSPS) is 21.3. The van der Waals surface area contributed by atoms with Gasteiger partial charge >= 0.3 is 0 Å². The van der Waals surface area contributed by atoms with Gasteiger partial charge < -0.3 is 10.1 Å². The molecule has 2 nitrogen and oxygen atoms in total. The summed E-state index contributed by atoms with van der Waals surface area (Å²) in [4.78, 5) is 0. The number of nitrogens with one attached hydrogen (secondary N) is 1. The lowest BCUT2D eigenvalue weighted by molar-refractivity contribution is 0.167. The van der Waals surface area contributed by atoms with Crippen LogP contribution >= 0.6 is 23.2 Å². The van der Waals surface area contributed by atoms with E-state index in [0.717, 1.165) is 31.7 Å². The zero-order valence-electron chi connectivity index (χ0n) is 8.30. The van der Waals surface area contributed by atoms with E-state index >= 15 is 0 Å². The van der Waals surface area contributed by atoms with E-state index in [1.165, 1.54) is 0 Å². The van der Waals surface area contributed by atoms with Crippen LogP contribution in [-0.4, -0.2) is 19.2 Å². The highest BCUT2D eigenvalue weighted by molar-refractivity contribution is 6.42. The van der Waals surface area contributed by atoms with E-state index < -0.39 is 0 Å². The van der Waals surface area contributed by atoms with Gasteiger partial charge in [0.05, 0.1) is 10.0 Å². The van der Waals surface area contributed by atoms with Crippen molar-refractivity contribution in [3.05, 3.63) is 28.2 Å². The monoisotopic (exact) mass is 245 g/mol. The lowest BCUT2D eigenvalue weighted by Gasteiger charge is -2.24. The van der Waals surface area contributed by atoms with E-state index in [1.54, 1.807) is 12.1 Å². The van der Waals surface area contributed by atoms with Crippen molar-refractivity contribution in [2.75, 3.05) is 13.1 Å². The van der Waals surface area contributed by atoms with E-state index in [-0.39, 0.29) is 6.10 Å². The zero-order valence-corrected chi connectivity index (χ0v) is 9.81. The summed E-state index contributed by atoms with van der Waals surface area (Å²) in [5.41, 5.74) is 0. The Bertz CT molecular complexity index is 337. The van der Waals surface area contributed by atoms with Crippen LogP contribution in [0.25, 0.3) is 0 Å². The maximum atomic E-state index is 5.90. The van der Waals surface area contributed by atoms with Gasteiger partial charge in [0.2, 0.25) is 0 Å². The Balaban J connectivity index is 2.00. The van der Waals surface area contributed by atoms with Crippen molar-refractivity contribution < 1.29 is 4.74 Å². The van der Waals surface area contributed by atoms with Crippen LogP contribution in [0.15, 0.2) is 18.2 Å². The van der Waals surface area contributed by atoms with Crippen molar-refractivity contribution in [1.82, 2.24) is 5.32 Å². The van der Waals surface area contributed by atoms with Crippen molar-refractivity contribution in [1.29, 1.82) is 0 Å². The molecule has 0 radical (unpaired) electrons. The Kier molecular flexibility index (Phi) is 3.73. The Hall–Kier alpha value is -0.440. The largest absolute Gasteiger partial charge is 0.489 e. The van der Waals surface area contributed by atoms with Crippen molar-refractivity contribution in [3.63, 3.8) is 0 Å². The van der Waals surface area contributed by atoms with E-state index in [0.29, 0.717) is 10.0 Å². The maximum Gasteiger partial charge on any atom is 0.121 e. The molecule has 15 heavy (non-hydrogen) atoms. The number of ether oxygens (including phenoxy) is 1. The fourth-order valence-electron chi connectivity index (χ4n) is 1.66. The average molecular weight is 246 g/mol. The number of hydrogen-bond acceptors (Lipinski definition) is 2. The zero-order chi connectivity index (χ0) is 10.7. The minimum absolute atomic E-state index is 0.246. The van der Waals surface area contributed by atoms with Crippen molar-refractivity contribution in [3.8, 4) is 5.75 Å². The smallest absolute Gasteiger partial charge is 0.121 e. The summed E-state index contributed by atoms with van der Waals surface area (Å²) in [6, 6.07) is 5.37. The molecule has 1 aliphatic rings. The highest BCUT2D eigenvalue weighted by atomic mass is 35.5. The topological polar surface area (TPSA) is 21.3 Å². The summed E-state index contributed by atoms with van der Waals surface area (Å²) in [6.45, 7) is 1.99. The molecule has 82 valence electrons. The molecule has 1 heterocycles. The van der Waals surface area contributed by atoms with Gasteiger partial charge in [0.15, 0.2) is 0 Å². The quantitative estimate of drug-likeness (QED) is 0.865. The molecule has 2 rings (SSSR count). The molecule has 1 aromatic rings. The van der Waals surface area contributed by atoms with Gasteiger partial charge in [-0.15, -0.1) is 0 Å². The summed E-state index contributed by atoms with van der Waals surface area (Å²) in [5.74, 6) is 0.790. The molecular formula is C11H13Cl2NO. The van der Waals surface area contributed by atoms with Crippen molar-refractivity contribution in [2.45, 2.75) is 18.9 Å². The van der Waals surface area contributed by atoms with E-state index in [2.05, 4.69) is 5.32 Å². The summed E-state index contributed by atoms with van der Waals surface area (Å²) < 4.78 is 5.79. The summed E-state index contributed by atoms with van der Waals surface area (Å²) in [5, 5.41) is 4.40. The Labute approximate surface area is 99.5 Å². The SMILES string of the molecule is Clc1ccc(O[C@@H]2CCCNC2)cc1Cl. The second-order valence-electron chi connectivity index (χ2n) is 3.66. The molecule has 1 saturated heterocycles. The minimum atomic E-state index is 0.246. The molecule has 1 fully saturated rings. The van der Waals surface area contributed by atoms with Crippen molar-refractivity contribution >= 4 is 23.2 Å². The first-order valence-electron chi connectivity index (χ1n) is 5.08. The number of hydrogen-bond donors (Lipinski definition) is 1. The van der Waals surface area contributed by atoms with E-state index in [1.807, 2.05) is 6.07 Å². The predicted octanol–water partition coefficient (Wildman–Crippen LogP) is 3.12. The first-order chi connectivity index (χ1) is 7.25. The van der Waals surface area contributed by atoms with E-state index in [4.69, 9.17) is 27.9 Å². The summed E-state index contributed by atoms with van der Waals surface area (Å²) in [6.07, 6.45) is 2.50. The molecule has 0 saturated carbocycles. The molecule has 1 atom stereocenters. The Morgan fingerprint density at radius 2 is 2.13 bits per heavy atom. The number of rotatable bonds is 2. The Morgan fingerprint density at radius 1 is 1.27 bits per heavy atom. The third kappa shape index (κ3) is 3.00. The van der Waals surface area contributed by atoms with Crippen LogP contribution in [-0.2, 0) is 0 Å². The van der Waals surface area contributed by atoms with Gasteiger partial charge in [0.1, 0.15) is 11.9 Å². The predicted molar refractivity (Wildman–Crippen MR) is 63.0 cm³/mol. The maximum absolute atomic E-state index is 5.90. The molecule has 1 N–H and O–H groups in total. The van der Waals surface area contributed by atoms with Crippen LogP contribution in [0.5, 0.6) is 5.75 Å². The third-order valence-corrected chi connectivity index (χ3v) is 3.18. The molecule has 0 spiro atoms. The van der Waals surface area contributed by atoms with Crippen LogP contribution in [0.4, 0.5) is 0 Å². The fraction of sp³-hybridized carbons (Fsp3) is 0.455. The van der Waals surface area contributed by atoms with Crippen LogP contribution in [0.3, 0.4) is 0 Å². The third-order valence-electron chi connectivity index (χ3n) is 2.45. The van der Waals surface area contributed by atoms with Gasteiger partial charge in [-0.05, 0) is 31.5 Å². The molecule has 1 aliphatic heterocycles. The standard InChI is InChI=1S/C11H13Cl2NO/c12-10-4-3-8(6-11(10)13)15-9-2-1-5-14-7-9/h3-4,6,9,14H,1-2,5,7H2/t9-/m1/s1. The summed E-state index contributed by atoms with van der Waals surface area (Å²) in [7, 11) is 0. The molecule has 0 bridgehead atoms. The van der Waals surface area contributed by atoms with Crippen molar-refractivity contribution in [2.24, 2.45) is 0 Å². The Morgan fingerprint density at radius 3 is 2.80 bits per heavy atom. The van der Waals surface area contributed by atoms with Crippen LogP contribution in [0.1, 0.15) is 12.8 Å². The first-order valence-corrected chi connectivity index (χ1v) is 5.84. The number of halogens is 2. The van der Waals surface area contributed by atoms with Crippen LogP contribution < -0.4 is 10.1 Å². The van der Waals surface area contributed by atoms with E-state index in [9.17, 15) is 0 Å². The van der Waals surface area contributed by atoms with Gasteiger partial charge in [-0.1, -0.05) is 23.2 Å². The molecule has 1 aromatic carbocycles. The van der Waals surface area contributed by atoms with Gasteiger partial charge in [0, 0.05) is 12.6 Å². The highest BCUT2D eigenvalue weighted by Crippen LogP contribution is 2.27. The molecule has 0 aromatic heterocycles. The molecule has 0 amide bonds. The average Bonchev–Trinajstić information content (AvgIpc) is 2.25. The fourth-order valence-corrected chi connectivity index (χ4v) is 1.95. The van der Waals surface area contributed by atoms with Gasteiger partial charge in [0.25, 0.3) is 0 Å². The minimum Gasteiger partial charge on any atom is -0.489 e. The van der Waals surface area contributed by atoms with Crippen LogP contribution in [0.2, 0.25) is 10.0 Å². The number of piperidine rings is 1. The number of benzene rings is 1. The van der Waals surface area contributed by atoms with Crippen LogP contribution in [0, 0.1) is 0 Å². The first kappa shape index (κ1) is 11.1. The molecular weight excluding hydrogens is 233 g/mol. The van der Waals surface area contributed by atoms with Gasteiger partial charge in [-0.25, -0.2) is 0 Å². The second-order valence-corrected chi connectivity index (χ2v) is 4.48. The second kappa shape index (κ2) is 5.06. The molecule has 0 unspecified atom stereocenters. The molecule has 0 aliphatic carbocycles. The molecule has 4 heteroatoms. The lowest BCUT2D eigenvalue weighted by Crippen LogP contribution is -2.37. The van der Waals surface area contributed by atoms with Gasteiger partial charge in [-0.2, -0.15) is 0 Å². The summed E-state index contributed by atoms with van der Waals surface area (Å²) >= 11 is 11.7. The van der Waals surface area contributed by atoms with Gasteiger partial charge in [-0.3, -0.25) is 0 Å².